The molecule has 0 saturated carbocycles. The molecular weight excluding hydrogens is 316 g/mol. The average Bonchev–Trinajstić information content (AvgIpc) is 2.58. The molecule has 1 aromatic carbocycles. The molecule has 1 aromatic rings. The van der Waals surface area contributed by atoms with Gasteiger partial charge in [0.15, 0.2) is 6.61 Å². The number of ether oxygens (including phenoxy) is 1. The Morgan fingerprint density at radius 1 is 1.28 bits per heavy atom. The quantitative estimate of drug-likeness (QED) is 0.743. The van der Waals surface area contributed by atoms with Gasteiger partial charge in [-0.15, -0.1) is 0 Å². The number of piperidine rings is 1. The summed E-state index contributed by atoms with van der Waals surface area (Å²) in [5.41, 5.74) is 1.09. The molecule has 1 fully saturated rings. The Bertz CT molecular complexity index is 546. The maximum atomic E-state index is 12.0. The molecule has 5 heteroatoms. The van der Waals surface area contributed by atoms with Gasteiger partial charge in [0.1, 0.15) is 5.75 Å². The van der Waals surface area contributed by atoms with Crippen molar-refractivity contribution in [2.24, 2.45) is 0 Å². The number of aliphatic hydroxyl groups excluding tert-OH is 1. The van der Waals surface area contributed by atoms with Gasteiger partial charge in [-0.25, -0.2) is 0 Å². The molecule has 1 heterocycles. The van der Waals surface area contributed by atoms with E-state index in [0.717, 1.165) is 50.2 Å². The first-order valence-electron chi connectivity index (χ1n) is 9.25. The van der Waals surface area contributed by atoms with Crippen LogP contribution in [0.5, 0.6) is 5.75 Å². The smallest absolute Gasteiger partial charge is 0.257 e. The van der Waals surface area contributed by atoms with Crippen LogP contribution in [0.4, 0.5) is 0 Å². The van der Waals surface area contributed by atoms with Gasteiger partial charge in [-0.1, -0.05) is 39.0 Å². The monoisotopic (exact) mass is 348 g/mol. The van der Waals surface area contributed by atoms with E-state index in [-0.39, 0.29) is 24.0 Å². The fourth-order valence-electron chi connectivity index (χ4n) is 3.08. The first-order chi connectivity index (χ1) is 11.9. The highest BCUT2D eigenvalue weighted by Gasteiger charge is 2.19. The molecule has 140 valence electrons. The summed E-state index contributed by atoms with van der Waals surface area (Å²) in [6.07, 6.45) is 2.49. The zero-order valence-electron chi connectivity index (χ0n) is 15.8. The van der Waals surface area contributed by atoms with Gasteiger partial charge in [-0.05, 0) is 42.9 Å². The van der Waals surface area contributed by atoms with E-state index in [1.807, 2.05) is 24.3 Å². The molecule has 0 bridgehead atoms. The molecular formula is C20H32N2O3. The summed E-state index contributed by atoms with van der Waals surface area (Å²) in [6.45, 7) is 9.95. The number of aliphatic hydroxyl groups is 1. The zero-order chi connectivity index (χ0) is 18.3. The van der Waals surface area contributed by atoms with Crippen molar-refractivity contribution >= 4 is 5.91 Å². The third-order valence-electron chi connectivity index (χ3n) is 4.58. The standard InChI is InChI=1S/C20H32N2O3/c1-20(2,3)17-7-4-5-8-18(17)25-15-19(24)21-11-6-12-22-13-9-16(23)10-14-22/h4-5,7-8,16,23H,6,9-15H2,1-3H3,(H,21,24). The highest BCUT2D eigenvalue weighted by atomic mass is 16.5. The van der Waals surface area contributed by atoms with Crippen LogP contribution in [0.3, 0.4) is 0 Å². The molecule has 2 rings (SSSR count). The normalized spacial score (nSPS) is 16.6. The van der Waals surface area contributed by atoms with Gasteiger partial charge < -0.3 is 20.1 Å². The Labute approximate surface area is 151 Å². The molecule has 0 aromatic heterocycles. The van der Waals surface area contributed by atoms with Gasteiger partial charge in [0.25, 0.3) is 5.91 Å². The van der Waals surface area contributed by atoms with Crippen molar-refractivity contribution in [1.29, 1.82) is 0 Å². The van der Waals surface area contributed by atoms with Gasteiger partial charge in [0.05, 0.1) is 6.10 Å². The SMILES string of the molecule is CC(C)(C)c1ccccc1OCC(=O)NCCCN1CCC(O)CC1. The van der Waals surface area contributed by atoms with E-state index in [0.29, 0.717) is 6.54 Å². The number of nitrogens with zero attached hydrogens (tertiary/aromatic N) is 1. The van der Waals surface area contributed by atoms with E-state index in [1.165, 1.54) is 0 Å². The van der Waals surface area contributed by atoms with Crippen molar-refractivity contribution in [1.82, 2.24) is 10.2 Å². The lowest BCUT2D eigenvalue weighted by Gasteiger charge is -2.29. The summed E-state index contributed by atoms with van der Waals surface area (Å²) in [6, 6.07) is 7.88. The van der Waals surface area contributed by atoms with Crippen molar-refractivity contribution in [3.63, 3.8) is 0 Å². The molecule has 0 aliphatic carbocycles. The van der Waals surface area contributed by atoms with Crippen LogP contribution in [-0.2, 0) is 10.2 Å². The predicted molar refractivity (Wildman–Crippen MR) is 99.9 cm³/mol. The summed E-state index contributed by atoms with van der Waals surface area (Å²) in [4.78, 5) is 14.3. The lowest BCUT2D eigenvalue weighted by atomic mass is 9.86. The summed E-state index contributed by atoms with van der Waals surface area (Å²) >= 11 is 0. The minimum Gasteiger partial charge on any atom is -0.483 e. The first kappa shape index (κ1) is 19.7. The highest BCUT2D eigenvalue weighted by molar-refractivity contribution is 5.77. The summed E-state index contributed by atoms with van der Waals surface area (Å²) in [5.74, 6) is 0.690. The minimum absolute atomic E-state index is 0.0188. The van der Waals surface area contributed by atoms with Crippen LogP contribution in [0.2, 0.25) is 0 Å². The number of carbonyl (C=O) groups is 1. The number of hydrogen-bond donors (Lipinski definition) is 2. The number of carbonyl (C=O) groups excluding carboxylic acids is 1. The second-order valence-electron chi connectivity index (χ2n) is 7.81. The summed E-state index contributed by atoms with van der Waals surface area (Å²) < 4.78 is 5.73. The van der Waals surface area contributed by atoms with Crippen molar-refractivity contribution in [2.45, 2.75) is 51.6 Å². The second kappa shape index (κ2) is 9.20. The van der Waals surface area contributed by atoms with E-state index >= 15 is 0 Å². The van der Waals surface area contributed by atoms with E-state index in [2.05, 4.69) is 31.0 Å². The summed E-state index contributed by atoms with van der Waals surface area (Å²) in [5, 5.41) is 12.4. The van der Waals surface area contributed by atoms with Gasteiger partial charge in [-0.3, -0.25) is 4.79 Å². The van der Waals surface area contributed by atoms with E-state index in [4.69, 9.17) is 4.74 Å². The third-order valence-corrected chi connectivity index (χ3v) is 4.58. The van der Waals surface area contributed by atoms with Crippen molar-refractivity contribution in [2.75, 3.05) is 32.8 Å². The number of rotatable bonds is 7. The number of para-hydroxylation sites is 1. The van der Waals surface area contributed by atoms with Gasteiger partial charge in [0.2, 0.25) is 0 Å². The largest absolute Gasteiger partial charge is 0.483 e. The molecule has 0 spiro atoms. The van der Waals surface area contributed by atoms with Crippen LogP contribution in [0.1, 0.15) is 45.6 Å². The third kappa shape index (κ3) is 6.67. The van der Waals surface area contributed by atoms with Crippen molar-refractivity contribution in [3.05, 3.63) is 29.8 Å². The summed E-state index contributed by atoms with van der Waals surface area (Å²) in [7, 11) is 0. The fraction of sp³-hybridized carbons (Fsp3) is 0.650. The Morgan fingerprint density at radius 3 is 2.64 bits per heavy atom. The molecule has 5 nitrogen and oxygen atoms in total. The molecule has 1 aliphatic rings. The van der Waals surface area contributed by atoms with Gasteiger partial charge in [0, 0.05) is 19.6 Å². The predicted octanol–water partition coefficient (Wildman–Crippen LogP) is 2.33. The number of likely N-dealkylation sites (tertiary alicyclic amines) is 1. The lowest BCUT2D eigenvalue weighted by Crippen LogP contribution is -2.38. The molecule has 1 amide bonds. The molecule has 25 heavy (non-hydrogen) atoms. The Balaban J connectivity index is 1.66. The molecule has 1 aliphatic heterocycles. The minimum atomic E-state index is -0.135. The molecule has 2 N–H and O–H groups in total. The van der Waals surface area contributed by atoms with Crippen LogP contribution in [0.25, 0.3) is 0 Å². The van der Waals surface area contributed by atoms with Gasteiger partial charge in [-0.2, -0.15) is 0 Å². The highest BCUT2D eigenvalue weighted by Crippen LogP contribution is 2.30. The second-order valence-corrected chi connectivity index (χ2v) is 7.81. The molecule has 1 saturated heterocycles. The Kier molecular flexibility index (Phi) is 7.26. The van der Waals surface area contributed by atoms with Crippen molar-refractivity contribution < 1.29 is 14.6 Å². The zero-order valence-corrected chi connectivity index (χ0v) is 15.8. The molecule has 0 atom stereocenters. The Hall–Kier alpha value is -1.59. The fourth-order valence-corrected chi connectivity index (χ4v) is 3.08. The van der Waals surface area contributed by atoms with Crippen LogP contribution >= 0.6 is 0 Å². The van der Waals surface area contributed by atoms with E-state index in [1.54, 1.807) is 0 Å². The number of hydrogen-bond acceptors (Lipinski definition) is 4. The molecule has 0 radical (unpaired) electrons. The number of benzene rings is 1. The maximum Gasteiger partial charge on any atom is 0.257 e. The maximum absolute atomic E-state index is 12.0. The average molecular weight is 348 g/mol. The van der Waals surface area contributed by atoms with E-state index in [9.17, 15) is 9.90 Å². The van der Waals surface area contributed by atoms with Crippen LogP contribution in [-0.4, -0.2) is 54.8 Å². The van der Waals surface area contributed by atoms with Crippen molar-refractivity contribution in [3.8, 4) is 5.75 Å². The Morgan fingerprint density at radius 2 is 1.96 bits per heavy atom. The number of amides is 1. The lowest BCUT2D eigenvalue weighted by molar-refractivity contribution is -0.123. The van der Waals surface area contributed by atoms with Gasteiger partial charge >= 0.3 is 0 Å². The first-order valence-corrected chi connectivity index (χ1v) is 9.25. The van der Waals surface area contributed by atoms with Crippen LogP contribution < -0.4 is 10.1 Å². The number of nitrogens with one attached hydrogen (secondary N) is 1. The topological polar surface area (TPSA) is 61.8 Å². The van der Waals surface area contributed by atoms with E-state index < -0.39 is 0 Å². The van der Waals surface area contributed by atoms with Crippen LogP contribution in [0.15, 0.2) is 24.3 Å². The van der Waals surface area contributed by atoms with Crippen LogP contribution in [0, 0.1) is 0 Å². The molecule has 0 unspecified atom stereocenters.